The summed E-state index contributed by atoms with van der Waals surface area (Å²) in [6.45, 7) is 5.17. The minimum atomic E-state index is -4.24. The maximum atomic E-state index is 14.0. The molecule has 9 nitrogen and oxygen atoms in total. The van der Waals surface area contributed by atoms with E-state index >= 15 is 0 Å². The normalized spacial score (nSPS) is 11.9. The van der Waals surface area contributed by atoms with Crippen LogP contribution in [0.4, 0.5) is 5.69 Å². The largest absolute Gasteiger partial charge is 0.493 e. The van der Waals surface area contributed by atoms with Crippen LogP contribution in [0, 0.1) is 6.92 Å². The zero-order valence-electron chi connectivity index (χ0n) is 24.2. The first-order chi connectivity index (χ1) is 19.9. The average molecular weight is 637 g/mol. The van der Waals surface area contributed by atoms with Gasteiger partial charge in [-0.25, -0.2) is 8.42 Å². The van der Waals surface area contributed by atoms with Crippen molar-refractivity contribution < 1.29 is 27.5 Å². The molecule has 0 aliphatic rings. The molecule has 0 fully saturated rings. The molecule has 2 amide bonds. The van der Waals surface area contributed by atoms with E-state index in [1.165, 1.54) is 43.4 Å². The van der Waals surface area contributed by atoms with Crippen LogP contribution in [0.1, 0.15) is 31.4 Å². The van der Waals surface area contributed by atoms with E-state index in [2.05, 4.69) is 5.32 Å². The van der Waals surface area contributed by atoms with E-state index in [1.54, 1.807) is 43.3 Å². The minimum Gasteiger partial charge on any atom is -0.493 e. The number of sulfonamides is 1. The standard InChI is InChI=1S/C30H35Cl2N3O6S/c1-6-15-33-30(37)21(3)34(18-22-9-13-25(31)26(32)16-22)29(36)19-35(23-10-14-27(40-4)28(17-23)41-5)42(38,39)24-11-7-20(2)8-12-24/h7-14,16-17,21H,6,15,18-19H2,1-5H3,(H,33,37). The second-order valence-corrected chi connectivity index (χ2v) is 12.3. The number of carbonyl (C=O) groups is 2. The molecule has 3 aromatic rings. The number of nitrogens with zero attached hydrogens (tertiary/aromatic N) is 2. The van der Waals surface area contributed by atoms with Crippen LogP contribution in [0.15, 0.2) is 65.6 Å². The fourth-order valence-electron chi connectivity index (χ4n) is 4.16. The van der Waals surface area contributed by atoms with Crippen LogP contribution in [0.25, 0.3) is 0 Å². The highest BCUT2D eigenvalue weighted by molar-refractivity contribution is 7.92. The van der Waals surface area contributed by atoms with Gasteiger partial charge in [0.2, 0.25) is 11.8 Å². The van der Waals surface area contributed by atoms with Gasteiger partial charge in [0.15, 0.2) is 11.5 Å². The number of ether oxygens (including phenoxy) is 2. The summed E-state index contributed by atoms with van der Waals surface area (Å²) in [5.41, 5.74) is 1.67. The molecule has 226 valence electrons. The Labute approximate surface area is 257 Å². The summed E-state index contributed by atoms with van der Waals surface area (Å²) in [4.78, 5) is 28.4. The second-order valence-electron chi connectivity index (χ2n) is 9.60. The summed E-state index contributed by atoms with van der Waals surface area (Å²) >= 11 is 12.3. The van der Waals surface area contributed by atoms with E-state index in [9.17, 15) is 18.0 Å². The van der Waals surface area contributed by atoms with E-state index in [0.717, 1.165) is 9.87 Å². The van der Waals surface area contributed by atoms with Gasteiger partial charge in [0, 0.05) is 19.2 Å². The molecule has 12 heteroatoms. The molecule has 0 saturated heterocycles. The minimum absolute atomic E-state index is 0.000422. The lowest BCUT2D eigenvalue weighted by molar-refractivity contribution is -0.139. The Morgan fingerprint density at radius 1 is 0.929 bits per heavy atom. The molecule has 3 rings (SSSR count). The van der Waals surface area contributed by atoms with E-state index in [0.29, 0.717) is 34.3 Å². The third kappa shape index (κ3) is 7.87. The van der Waals surface area contributed by atoms with Crippen molar-refractivity contribution in [1.29, 1.82) is 0 Å². The number of amides is 2. The second kappa shape index (κ2) is 14.6. The first kappa shape index (κ1) is 33.0. The number of rotatable bonds is 13. The summed E-state index contributed by atoms with van der Waals surface area (Å²) in [6.07, 6.45) is 0.709. The molecule has 0 aliphatic heterocycles. The van der Waals surface area contributed by atoms with Gasteiger partial charge in [-0.05, 0) is 62.2 Å². The number of anilines is 1. The summed E-state index contributed by atoms with van der Waals surface area (Å²) in [5.74, 6) is -0.302. The van der Waals surface area contributed by atoms with E-state index in [1.807, 2.05) is 13.8 Å². The van der Waals surface area contributed by atoms with Gasteiger partial charge in [0.05, 0.1) is 34.8 Å². The lowest BCUT2D eigenvalue weighted by Gasteiger charge is -2.32. The fourth-order valence-corrected chi connectivity index (χ4v) is 5.89. The van der Waals surface area contributed by atoms with Crippen molar-refractivity contribution in [3.05, 3.63) is 81.8 Å². The maximum absolute atomic E-state index is 14.0. The number of benzene rings is 3. The molecule has 3 aromatic carbocycles. The zero-order chi connectivity index (χ0) is 31.0. The molecule has 1 N–H and O–H groups in total. The SMILES string of the molecule is CCCNC(=O)C(C)N(Cc1ccc(Cl)c(Cl)c1)C(=O)CN(c1ccc(OC)c(OC)c1)S(=O)(=O)c1ccc(C)cc1. The number of methoxy groups -OCH3 is 2. The average Bonchev–Trinajstić information content (AvgIpc) is 2.98. The van der Waals surface area contributed by atoms with Gasteiger partial charge in [-0.15, -0.1) is 0 Å². The lowest BCUT2D eigenvalue weighted by atomic mass is 10.1. The first-order valence-electron chi connectivity index (χ1n) is 13.3. The van der Waals surface area contributed by atoms with Crippen LogP contribution in [0.2, 0.25) is 10.0 Å². The summed E-state index contributed by atoms with van der Waals surface area (Å²) in [6, 6.07) is 14.9. The molecule has 1 unspecified atom stereocenters. The molecule has 0 bridgehead atoms. The van der Waals surface area contributed by atoms with E-state index in [4.69, 9.17) is 32.7 Å². The van der Waals surface area contributed by atoms with Gasteiger partial charge >= 0.3 is 0 Å². The van der Waals surface area contributed by atoms with Crippen LogP contribution < -0.4 is 19.1 Å². The van der Waals surface area contributed by atoms with Crippen LogP contribution >= 0.6 is 23.2 Å². The zero-order valence-corrected chi connectivity index (χ0v) is 26.5. The summed E-state index contributed by atoms with van der Waals surface area (Å²) < 4.78 is 39.7. The van der Waals surface area contributed by atoms with Gasteiger partial charge in [0.25, 0.3) is 10.0 Å². The molecule has 42 heavy (non-hydrogen) atoms. The van der Waals surface area contributed by atoms with Crippen LogP contribution in [0.3, 0.4) is 0 Å². The Hall–Kier alpha value is -3.47. The highest BCUT2D eigenvalue weighted by Gasteiger charge is 2.33. The van der Waals surface area contributed by atoms with Crippen molar-refractivity contribution in [1.82, 2.24) is 10.2 Å². The van der Waals surface area contributed by atoms with Gasteiger partial charge in [0.1, 0.15) is 12.6 Å². The Morgan fingerprint density at radius 3 is 2.19 bits per heavy atom. The monoisotopic (exact) mass is 635 g/mol. The topological polar surface area (TPSA) is 105 Å². The van der Waals surface area contributed by atoms with E-state index < -0.39 is 28.5 Å². The Balaban J connectivity index is 2.09. The van der Waals surface area contributed by atoms with Crippen molar-refractivity contribution >= 4 is 50.7 Å². The molecule has 1 atom stereocenters. The third-order valence-electron chi connectivity index (χ3n) is 6.60. The van der Waals surface area contributed by atoms with Crippen LogP contribution in [0.5, 0.6) is 11.5 Å². The van der Waals surface area contributed by atoms with Gasteiger partial charge in [-0.3, -0.25) is 13.9 Å². The Bertz CT molecular complexity index is 1520. The Morgan fingerprint density at radius 2 is 1.60 bits per heavy atom. The number of nitrogens with one attached hydrogen (secondary N) is 1. The molecule has 0 heterocycles. The predicted molar refractivity (Wildman–Crippen MR) is 165 cm³/mol. The van der Waals surface area contributed by atoms with Crippen LogP contribution in [-0.4, -0.2) is 58.5 Å². The Kier molecular flexibility index (Phi) is 11.5. The van der Waals surface area contributed by atoms with Gasteiger partial charge in [-0.1, -0.05) is 53.9 Å². The molecular formula is C30H35Cl2N3O6S. The summed E-state index contributed by atoms with van der Waals surface area (Å²) in [7, 11) is -1.34. The molecule has 0 radical (unpaired) electrons. The van der Waals surface area contributed by atoms with Crippen molar-refractivity contribution in [2.24, 2.45) is 0 Å². The molecule has 0 spiro atoms. The smallest absolute Gasteiger partial charge is 0.264 e. The molecule has 0 aromatic heterocycles. The highest BCUT2D eigenvalue weighted by atomic mass is 35.5. The molecule has 0 saturated carbocycles. The number of carbonyl (C=O) groups excluding carboxylic acids is 2. The van der Waals surface area contributed by atoms with Crippen molar-refractivity contribution in [2.75, 3.05) is 31.6 Å². The van der Waals surface area contributed by atoms with Crippen LogP contribution in [-0.2, 0) is 26.2 Å². The molecular weight excluding hydrogens is 601 g/mol. The fraction of sp³-hybridized carbons (Fsp3) is 0.333. The van der Waals surface area contributed by atoms with Crippen molar-refractivity contribution in [2.45, 2.75) is 44.7 Å². The predicted octanol–water partition coefficient (Wildman–Crippen LogP) is 5.46. The quantitative estimate of drug-likeness (QED) is 0.267. The molecule has 0 aliphatic carbocycles. The van der Waals surface area contributed by atoms with Crippen molar-refractivity contribution in [3.8, 4) is 11.5 Å². The number of aryl methyl sites for hydroxylation is 1. The van der Waals surface area contributed by atoms with Crippen molar-refractivity contribution in [3.63, 3.8) is 0 Å². The number of hydrogen-bond acceptors (Lipinski definition) is 6. The van der Waals surface area contributed by atoms with E-state index in [-0.39, 0.29) is 28.8 Å². The highest BCUT2D eigenvalue weighted by Crippen LogP contribution is 2.34. The first-order valence-corrected chi connectivity index (χ1v) is 15.4. The summed E-state index contributed by atoms with van der Waals surface area (Å²) in [5, 5.41) is 3.44. The number of hydrogen-bond donors (Lipinski definition) is 1. The maximum Gasteiger partial charge on any atom is 0.264 e. The van der Waals surface area contributed by atoms with Gasteiger partial charge < -0.3 is 19.7 Å². The number of halogens is 2. The lowest BCUT2D eigenvalue weighted by Crippen LogP contribution is -2.51. The van der Waals surface area contributed by atoms with Gasteiger partial charge in [-0.2, -0.15) is 0 Å². The third-order valence-corrected chi connectivity index (χ3v) is 9.12.